The Hall–Kier alpha value is -3.61. The molecule has 3 fully saturated rings. The van der Waals surface area contributed by atoms with Crippen LogP contribution in [0.4, 0.5) is 26.9 Å². The predicted molar refractivity (Wildman–Crippen MR) is 197 cm³/mol. The number of carbonyl (C=O) groups excluding carboxylic acids is 2. The van der Waals surface area contributed by atoms with Gasteiger partial charge in [-0.05, 0) is 129 Å². The van der Waals surface area contributed by atoms with Gasteiger partial charge in [-0.25, -0.2) is 32.9 Å². The standard InChI is InChI=1S/C38H55N5O7S/c1-24-21-29(27-11-9-26(10-12-27)28-13-15-42(16-14-28)35(44)49-37(3,4)5)22-30-32(24)48-25(2)31-33(41-17-19-51(46,47)20-18-41)39-23-40-34(31)43(30)36(45)50-38(6,7)8/h21-23,25-28H,9-20H2,1-8H3/t25-,26-,27+/m1/s1. The van der Waals surface area contributed by atoms with Gasteiger partial charge in [0.05, 0.1) is 22.8 Å². The third-order valence-corrected chi connectivity index (χ3v) is 12.2. The van der Waals surface area contributed by atoms with Crippen LogP contribution in [0.15, 0.2) is 18.5 Å². The lowest BCUT2D eigenvalue weighted by Gasteiger charge is -2.39. The Morgan fingerprint density at radius 1 is 0.804 bits per heavy atom. The van der Waals surface area contributed by atoms with E-state index in [1.807, 2.05) is 65.2 Å². The number of rotatable bonds is 3. The van der Waals surface area contributed by atoms with Crippen LogP contribution in [0.2, 0.25) is 0 Å². The zero-order chi connectivity index (χ0) is 36.9. The summed E-state index contributed by atoms with van der Waals surface area (Å²) in [5.74, 6) is 3.15. The van der Waals surface area contributed by atoms with Gasteiger partial charge in [-0.3, -0.25) is 0 Å². The number of hydrogen-bond donors (Lipinski definition) is 0. The van der Waals surface area contributed by atoms with Crippen LogP contribution < -0.4 is 14.5 Å². The number of carbonyl (C=O) groups is 2. The summed E-state index contributed by atoms with van der Waals surface area (Å²) in [5.41, 5.74) is 2.04. The molecule has 1 atom stereocenters. The minimum atomic E-state index is -3.12. The van der Waals surface area contributed by atoms with Crippen molar-refractivity contribution in [3.05, 3.63) is 35.2 Å². The molecule has 1 aliphatic carbocycles. The van der Waals surface area contributed by atoms with E-state index in [2.05, 4.69) is 22.1 Å². The Labute approximate surface area is 303 Å². The summed E-state index contributed by atoms with van der Waals surface area (Å²) in [7, 11) is -3.12. The second-order valence-corrected chi connectivity index (χ2v) is 19.1. The number of aromatic nitrogens is 2. The van der Waals surface area contributed by atoms with Crippen LogP contribution in [-0.4, -0.2) is 84.4 Å². The lowest BCUT2D eigenvalue weighted by atomic mass is 9.71. The molecule has 13 heteroatoms. The maximum Gasteiger partial charge on any atom is 0.420 e. The van der Waals surface area contributed by atoms with E-state index < -0.39 is 33.2 Å². The molecule has 1 aromatic carbocycles. The van der Waals surface area contributed by atoms with Crippen molar-refractivity contribution in [3.63, 3.8) is 0 Å². The van der Waals surface area contributed by atoms with E-state index in [0.29, 0.717) is 59.5 Å². The number of hydrogen-bond acceptors (Lipinski definition) is 10. The lowest BCUT2D eigenvalue weighted by molar-refractivity contribution is 0.0146. The number of benzene rings is 1. The quantitative estimate of drug-likeness (QED) is 0.314. The maximum absolute atomic E-state index is 14.2. The average molecular weight is 726 g/mol. The van der Waals surface area contributed by atoms with Crippen LogP contribution in [-0.2, 0) is 19.3 Å². The molecule has 2 aromatic rings. The summed E-state index contributed by atoms with van der Waals surface area (Å²) in [6.45, 7) is 17.2. The fourth-order valence-corrected chi connectivity index (χ4v) is 9.28. The average Bonchev–Trinajstić information content (AvgIpc) is 3.17. The zero-order valence-electron chi connectivity index (χ0n) is 31.5. The molecule has 0 spiro atoms. The normalized spacial score (nSPS) is 24.2. The third-order valence-electron chi connectivity index (χ3n) is 10.6. The highest BCUT2D eigenvalue weighted by atomic mass is 32.2. The summed E-state index contributed by atoms with van der Waals surface area (Å²) in [6.07, 6.45) is 6.45. The van der Waals surface area contributed by atoms with E-state index in [-0.39, 0.29) is 17.6 Å². The van der Waals surface area contributed by atoms with E-state index in [1.165, 1.54) is 11.2 Å². The van der Waals surface area contributed by atoms with Gasteiger partial charge in [0.2, 0.25) is 0 Å². The van der Waals surface area contributed by atoms with Crippen LogP contribution in [0.3, 0.4) is 0 Å². The molecule has 1 saturated carbocycles. The van der Waals surface area contributed by atoms with Crippen LogP contribution in [0.5, 0.6) is 5.75 Å². The Balaban J connectivity index is 1.25. The van der Waals surface area contributed by atoms with Gasteiger partial charge < -0.3 is 24.0 Å². The number of sulfone groups is 1. The molecule has 12 nitrogen and oxygen atoms in total. The number of anilines is 3. The van der Waals surface area contributed by atoms with Crippen LogP contribution in [0.1, 0.15) is 116 Å². The summed E-state index contributed by atoms with van der Waals surface area (Å²) in [4.78, 5) is 41.4. The highest BCUT2D eigenvalue weighted by Crippen LogP contribution is 2.50. The van der Waals surface area contributed by atoms with Crippen molar-refractivity contribution in [1.29, 1.82) is 0 Å². The molecule has 3 aliphatic heterocycles. The van der Waals surface area contributed by atoms with E-state index in [4.69, 9.17) is 14.2 Å². The van der Waals surface area contributed by atoms with Gasteiger partial charge in [0, 0.05) is 26.2 Å². The first kappa shape index (κ1) is 37.2. The van der Waals surface area contributed by atoms with Crippen molar-refractivity contribution in [2.24, 2.45) is 11.8 Å². The van der Waals surface area contributed by atoms with Crippen LogP contribution in [0, 0.1) is 18.8 Å². The van der Waals surface area contributed by atoms with Gasteiger partial charge in [0.15, 0.2) is 15.7 Å². The van der Waals surface area contributed by atoms with Crippen molar-refractivity contribution in [3.8, 4) is 5.75 Å². The summed E-state index contributed by atoms with van der Waals surface area (Å²) in [5, 5.41) is 0. The largest absolute Gasteiger partial charge is 0.483 e. The first-order valence-corrected chi connectivity index (χ1v) is 20.3. The molecule has 2 amide bonds. The maximum atomic E-state index is 14.2. The van der Waals surface area contributed by atoms with Gasteiger partial charge >= 0.3 is 12.2 Å². The van der Waals surface area contributed by atoms with E-state index in [1.54, 1.807) is 0 Å². The number of piperidine rings is 1. The third kappa shape index (κ3) is 8.39. The van der Waals surface area contributed by atoms with Gasteiger partial charge in [0.1, 0.15) is 35.2 Å². The first-order valence-electron chi connectivity index (χ1n) is 18.5. The SMILES string of the molecule is Cc1cc([C@H]2CC[C@@H](C3CCN(C(=O)OC(C)(C)C)CC3)CC2)cc2c1O[C@H](C)c1c(N3CCS(=O)(=O)CC3)ncnc1N2C(=O)OC(C)(C)C. The van der Waals surface area contributed by atoms with Gasteiger partial charge in [-0.15, -0.1) is 0 Å². The van der Waals surface area contributed by atoms with Crippen molar-refractivity contribution in [1.82, 2.24) is 14.9 Å². The lowest BCUT2D eigenvalue weighted by Crippen LogP contribution is -2.43. The Morgan fingerprint density at radius 2 is 1.37 bits per heavy atom. The molecule has 0 N–H and O–H groups in total. The molecule has 51 heavy (non-hydrogen) atoms. The number of fused-ring (bicyclic) bond motifs is 2. The Kier molecular flexibility index (Phi) is 10.3. The minimum absolute atomic E-state index is 0.0347. The minimum Gasteiger partial charge on any atom is -0.483 e. The highest BCUT2D eigenvalue weighted by molar-refractivity contribution is 7.91. The number of likely N-dealkylation sites (tertiary alicyclic amines) is 1. The van der Waals surface area contributed by atoms with Crippen LogP contribution in [0.25, 0.3) is 0 Å². The molecule has 1 aromatic heterocycles. The summed E-state index contributed by atoms with van der Waals surface area (Å²) >= 11 is 0. The molecule has 0 bridgehead atoms. The molecular formula is C38H55N5O7S. The van der Waals surface area contributed by atoms with Crippen molar-refractivity contribution >= 4 is 39.3 Å². The van der Waals surface area contributed by atoms with E-state index in [9.17, 15) is 18.0 Å². The molecule has 4 aliphatic rings. The molecular weight excluding hydrogens is 671 g/mol. The van der Waals surface area contributed by atoms with Crippen molar-refractivity contribution in [2.45, 2.75) is 117 Å². The molecule has 0 unspecified atom stereocenters. The number of nitrogens with zero attached hydrogens (tertiary/aromatic N) is 5. The smallest absolute Gasteiger partial charge is 0.420 e. The second-order valence-electron chi connectivity index (χ2n) is 16.8. The van der Waals surface area contributed by atoms with Crippen molar-refractivity contribution in [2.75, 3.05) is 47.5 Å². The summed E-state index contributed by atoms with van der Waals surface area (Å²) in [6, 6.07) is 4.27. The van der Waals surface area contributed by atoms with Crippen LogP contribution >= 0.6 is 0 Å². The Bertz CT molecular complexity index is 1720. The monoisotopic (exact) mass is 725 g/mol. The topological polar surface area (TPSA) is 131 Å². The number of aryl methyl sites for hydroxylation is 1. The number of ether oxygens (including phenoxy) is 3. The molecule has 0 radical (unpaired) electrons. The van der Waals surface area contributed by atoms with E-state index in [0.717, 1.165) is 62.7 Å². The van der Waals surface area contributed by atoms with E-state index >= 15 is 0 Å². The second kappa shape index (κ2) is 14.1. The van der Waals surface area contributed by atoms with Crippen molar-refractivity contribution < 1.29 is 32.2 Å². The fraction of sp³-hybridized carbons (Fsp3) is 0.684. The van der Waals surface area contributed by atoms with Gasteiger partial charge in [0.25, 0.3) is 0 Å². The predicted octanol–water partition coefficient (Wildman–Crippen LogP) is 7.47. The highest BCUT2D eigenvalue weighted by Gasteiger charge is 2.40. The molecule has 2 saturated heterocycles. The van der Waals surface area contributed by atoms with Gasteiger partial charge in [-0.1, -0.05) is 6.07 Å². The Morgan fingerprint density at radius 3 is 1.98 bits per heavy atom. The zero-order valence-corrected chi connectivity index (χ0v) is 32.3. The fourth-order valence-electron chi connectivity index (χ4n) is 8.08. The molecule has 280 valence electrons. The van der Waals surface area contributed by atoms with Gasteiger partial charge in [-0.2, -0.15) is 0 Å². The molecule has 6 rings (SSSR count). The summed E-state index contributed by atoms with van der Waals surface area (Å²) < 4.78 is 42.8. The number of amides is 2. The molecule has 4 heterocycles. The first-order chi connectivity index (χ1) is 23.9.